The Kier molecular flexibility index (Phi) is 4.77. The lowest BCUT2D eigenvalue weighted by molar-refractivity contribution is -0.139. The zero-order valence-corrected chi connectivity index (χ0v) is 12.1. The van der Waals surface area contributed by atoms with Crippen LogP contribution in [0.4, 0.5) is 0 Å². The minimum atomic E-state index is -1.20. The molecule has 0 saturated carbocycles. The number of carboxylic acid groups (broad SMARTS) is 1. The van der Waals surface area contributed by atoms with Gasteiger partial charge in [-0.2, -0.15) is 0 Å². The molecule has 0 aliphatic carbocycles. The predicted octanol–water partition coefficient (Wildman–Crippen LogP) is 2.94. The number of halogens is 2. The van der Waals surface area contributed by atoms with E-state index in [4.69, 9.17) is 23.2 Å². The van der Waals surface area contributed by atoms with Crippen molar-refractivity contribution in [3.05, 3.63) is 63.9 Å². The molecular weight excluding hydrogens is 315 g/mol. The third-order valence-corrected chi connectivity index (χ3v) is 3.20. The van der Waals surface area contributed by atoms with Crippen molar-refractivity contribution in [3.8, 4) is 0 Å². The maximum atomic E-state index is 12.1. The number of benzene rings is 1. The number of aromatic nitrogens is 1. The molecule has 0 aliphatic heterocycles. The summed E-state index contributed by atoms with van der Waals surface area (Å²) >= 11 is 11.6. The maximum absolute atomic E-state index is 12.1. The molecule has 1 heterocycles. The first kappa shape index (κ1) is 15.3. The van der Waals surface area contributed by atoms with Crippen LogP contribution in [0.25, 0.3) is 0 Å². The Labute approximate surface area is 130 Å². The molecule has 1 atom stereocenters. The number of pyridine rings is 1. The van der Waals surface area contributed by atoms with Gasteiger partial charge in [-0.3, -0.25) is 4.79 Å². The predicted molar refractivity (Wildman–Crippen MR) is 78.5 cm³/mol. The second-order valence-electron chi connectivity index (χ2n) is 4.12. The summed E-state index contributed by atoms with van der Waals surface area (Å²) in [6, 6.07) is 9.98. The quantitative estimate of drug-likeness (QED) is 0.847. The lowest BCUT2D eigenvalue weighted by Crippen LogP contribution is -2.34. The fraction of sp³-hybridized carbons (Fsp3) is 0.0714. The number of rotatable bonds is 4. The van der Waals surface area contributed by atoms with Gasteiger partial charge in [0.1, 0.15) is 10.8 Å². The highest BCUT2D eigenvalue weighted by Crippen LogP contribution is 2.19. The minimum Gasteiger partial charge on any atom is -0.479 e. The number of hydrogen-bond donors (Lipinski definition) is 2. The molecule has 0 bridgehead atoms. The molecule has 7 heteroatoms. The second kappa shape index (κ2) is 6.56. The van der Waals surface area contributed by atoms with Crippen LogP contribution in [-0.4, -0.2) is 22.0 Å². The van der Waals surface area contributed by atoms with Crippen LogP contribution >= 0.6 is 23.2 Å². The maximum Gasteiger partial charge on any atom is 0.330 e. The molecule has 108 valence electrons. The van der Waals surface area contributed by atoms with Gasteiger partial charge in [0.25, 0.3) is 5.91 Å². The minimum absolute atomic E-state index is 0.0918. The van der Waals surface area contributed by atoms with Gasteiger partial charge in [-0.15, -0.1) is 0 Å². The van der Waals surface area contributed by atoms with Crippen molar-refractivity contribution in [3.63, 3.8) is 0 Å². The number of hydrogen-bond acceptors (Lipinski definition) is 3. The molecule has 5 nitrogen and oxygen atoms in total. The fourth-order valence-electron chi connectivity index (χ4n) is 1.71. The van der Waals surface area contributed by atoms with E-state index in [0.29, 0.717) is 5.56 Å². The summed E-state index contributed by atoms with van der Waals surface area (Å²) in [5.41, 5.74) is 0.322. The van der Waals surface area contributed by atoms with Crippen molar-refractivity contribution >= 4 is 35.1 Å². The molecule has 0 unspecified atom stereocenters. The summed E-state index contributed by atoms with van der Waals surface area (Å²) in [6.45, 7) is 0. The topological polar surface area (TPSA) is 79.3 Å². The Bertz CT molecular complexity index is 677. The number of nitrogens with one attached hydrogen (secondary N) is 1. The van der Waals surface area contributed by atoms with E-state index in [9.17, 15) is 14.7 Å². The molecule has 0 spiro atoms. The highest BCUT2D eigenvalue weighted by molar-refractivity contribution is 6.34. The average molecular weight is 325 g/mol. The van der Waals surface area contributed by atoms with Crippen LogP contribution < -0.4 is 5.32 Å². The number of nitrogens with zero attached hydrogens (tertiary/aromatic N) is 1. The molecule has 1 aromatic heterocycles. The van der Waals surface area contributed by atoms with Crippen LogP contribution in [0.3, 0.4) is 0 Å². The highest BCUT2D eigenvalue weighted by atomic mass is 35.5. The van der Waals surface area contributed by atoms with Crippen molar-refractivity contribution in [1.82, 2.24) is 10.3 Å². The Morgan fingerprint density at radius 2 is 1.76 bits per heavy atom. The third kappa shape index (κ3) is 3.71. The van der Waals surface area contributed by atoms with E-state index in [1.54, 1.807) is 30.3 Å². The zero-order valence-electron chi connectivity index (χ0n) is 10.6. The monoisotopic (exact) mass is 324 g/mol. The molecule has 1 aromatic carbocycles. The van der Waals surface area contributed by atoms with E-state index in [0.717, 1.165) is 0 Å². The van der Waals surface area contributed by atoms with E-state index in [1.807, 2.05) is 0 Å². The molecule has 0 radical (unpaired) electrons. The van der Waals surface area contributed by atoms with E-state index >= 15 is 0 Å². The van der Waals surface area contributed by atoms with Crippen molar-refractivity contribution < 1.29 is 14.7 Å². The zero-order chi connectivity index (χ0) is 15.4. The molecule has 1 amide bonds. The Balaban J connectivity index is 2.27. The van der Waals surface area contributed by atoms with E-state index < -0.39 is 17.9 Å². The van der Waals surface area contributed by atoms with Crippen LogP contribution in [0.2, 0.25) is 10.2 Å². The SMILES string of the molecule is O=C(N[C@H](C(=O)O)c1ccccc1)c1nc(Cl)ccc1Cl. The van der Waals surface area contributed by atoms with E-state index in [-0.39, 0.29) is 15.9 Å². The van der Waals surface area contributed by atoms with Gasteiger partial charge in [0.2, 0.25) is 0 Å². The van der Waals surface area contributed by atoms with E-state index in [2.05, 4.69) is 10.3 Å². The van der Waals surface area contributed by atoms with Gasteiger partial charge in [-0.25, -0.2) is 9.78 Å². The molecule has 0 saturated heterocycles. The largest absolute Gasteiger partial charge is 0.479 e. The van der Waals surface area contributed by atoms with Gasteiger partial charge < -0.3 is 10.4 Å². The fourth-order valence-corrected chi connectivity index (χ4v) is 2.05. The molecule has 2 rings (SSSR count). The first-order valence-corrected chi connectivity index (χ1v) is 6.65. The first-order valence-electron chi connectivity index (χ1n) is 5.89. The van der Waals surface area contributed by atoms with Gasteiger partial charge in [-0.1, -0.05) is 53.5 Å². The Hall–Kier alpha value is -2.11. The lowest BCUT2D eigenvalue weighted by atomic mass is 10.1. The smallest absolute Gasteiger partial charge is 0.330 e. The van der Waals surface area contributed by atoms with Crippen LogP contribution in [0, 0.1) is 0 Å². The summed E-state index contributed by atoms with van der Waals surface area (Å²) in [7, 11) is 0. The van der Waals surface area contributed by atoms with Crippen molar-refractivity contribution in [2.75, 3.05) is 0 Å². The van der Waals surface area contributed by atoms with Gasteiger partial charge in [0, 0.05) is 0 Å². The third-order valence-electron chi connectivity index (χ3n) is 2.68. The molecule has 2 N–H and O–H groups in total. The summed E-state index contributed by atoms with van der Waals surface area (Å²) < 4.78 is 0. The highest BCUT2D eigenvalue weighted by Gasteiger charge is 2.24. The molecule has 0 fully saturated rings. The number of carbonyl (C=O) groups excluding carboxylic acids is 1. The molecular formula is C14H10Cl2N2O3. The van der Waals surface area contributed by atoms with Crippen LogP contribution in [0.5, 0.6) is 0 Å². The summed E-state index contributed by atoms with van der Waals surface area (Å²) in [5.74, 6) is -1.90. The van der Waals surface area contributed by atoms with Crippen molar-refractivity contribution in [2.24, 2.45) is 0 Å². The molecule has 21 heavy (non-hydrogen) atoms. The van der Waals surface area contributed by atoms with Gasteiger partial charge >= 0.3 is 5.97 Å². The molecule has 2 aromatic rings. The molecule has 0 aliphatic rings. The van der Waals surface area contributed by atoms with Gasteiger partial charge in [0.15, 0.2) is 6.04 Å². The lowest BCUT2D eigenvalue weighted by Gasteiger charge is -2.15. The van der Waals surface area contributed by atoms with Crippen LogP contribution in [-0.2, 0) is 4.79 Å². The normalized spacial score (nSPS) is 11.7. The number of aliphatic carboxylic acids is 1. The number of amides is 1. The first-order chi connectivity index (χ1) is 9.99. The Morgan fingerprint density at radius 3 is 2.38 bits per heavy atom. The number of carbonyl (C=O) groups is 2. The van der Waals surface area contributed by atoms with Gasteiger partial charge in [-0.05, 0) is 17.7 Å². The summed E-state index contributed by atoms with van der Waals surface area (Å²) in [6.07, 6.45) is 0. The van der Waals surface area contributed by atoms with Crippen molar-refractivity contribution in [2.45, 2.75) is 6.04 Å². The van der Waals surface area contributed by atoms with Crippen molar-refractivity contribution in [1.29, 1.82) is 0 Å². The Morgan fingerprint density at radius 1 is 1.10 bits per heavy atom. The standard InChI is InChI=1S/C14H10Cl2N2O3/c15-9-6-7-10(16)17-12(9)13(19)18-11(14(20)21)8-4-2-1-3-5-8/h1-7,11H,(H,18,19)(H,20,21)/t11-/m0/s1. The van der Waals surface area contributed by atoms with Gasteiger partial charge in [0.05, 0.1) is 5.02 Å². The number of carboxylic acids is 1. The summed E-state index contributed by atoms with van der Waals surface area (Å²) in [4.78, 5) is 27.3. The van der Waals surface area contributed by atoms with E-state index in [1.165, 1.54) is 12.1 Å². The second-order valence-corrected chi connectivity index (χ2v) is 4.91. The average Bonchev–Trinajstić information content (AvgIpc) is 2.47. The van der Waals surface area contributed by atoms with Crippen LogP contribution in [0.15, 0.2) is 42.5 Å². The van der Waals surface area contributed by atoms with Crippen LogP contribution in [0.1, 0.15) is 22.1 Å². The summed E-state index contributed by atoms with van der Waals surface area (Å²) in [5, 5.41) is 11.8.